The third kappa shape index (κ3) is 1.72. The first-order valence-electron chi connectivity index (χ1n) is 4.19. The van der Waals surface area contributed by atoms with Gasteiger partial charge in [0.1, 0.15) is 11.5 Å². The van der Waals surface area contributed by atoms with E-state index in [9.17, 15) is 0 Å². The van der Waals surface area contributed by atoms with E-state index in [1.54, 1.807) is 17.4 Å². The molecule has 0 fully saturated rings. The normalized spacial score (nSPS) is 10.4. The molecule has 0 aliphatic heterocycles. The van der Waals surface area contributed by atoms with Crippen LogP contribution in [0.25, 0.3) is 11.5 Å². The van der Waals surface area contributed by atoms with E-state index in [1.165, 1.54) is 0 Å². The predicted octanol–water partition coefficient (Wildman–Crippen LogP) is 1.80. The van der Waals surface area contributed by atoms with Crippen molar-refractivity contribution in [1.82, 2.24) is 15.0 Å². The lowest BCUT2D eigenvalue weighted by Gasteiger charge is -1.99. The van der Waals surface area contributed by atoms with Crippen LogP contribution in [0.2, 0.25) is 0 Å². The molecule has 0 radical (unpaired) electrons. The summed E-state index contributed by atoms with van der Waals surface area (Å²) >= 11 is 1.58. The molecule has 0 spiro atoms. The van der Waals surface area contributed by atoms with Crippen molar-refractivity contribution in [3.05, 3.63) is 22.1 Å². The Morgan fingerprint density at radius 3 is 2.57 bits per heavy atom. The molecule has 0 aliphatic rings. The molecule has 14 heavy (non-hydrogen) atoms. The molecular formula is C9H10N4S. The van der Waals surface area contributed by atoms with Gasteiger partial charge in [-0.1, -0.05) is 0 Å². The smallest absolute Gasteiger partial charge is 0.181 e. The van der Waals surface area contributed by atoms with Gasteiger partial charge in [0.05, 0.1) is 5.01 Å². The molecule has 2 N–H and O–H groups in total. The first-order chi connectivity index (χ1) is 6.65. The summed E-state index contributed by atoms with van der Waals surface area (Å²) in [6.07, 6.45) is 0. The van der Waals surface area contributed by atoms with Gasteiger partial charge in [-0.3, -0.25) is 0 Å². The van der Waals surface area contributed by atoms with Gasteiger partial charge in [0.15, 0.2) is 5.82 Å². The number of aromatic nitrogens is 3. The largest absolute Gasteiger partial charge is 0.384 e. The lowest BCUT2D eigenvalue weighted by Crippen LogP contribution is -1.97. The third-order valence-electron chi connectivity index (χ3n) is 1.72. The molecule has 72 valence electrons. The van der Waals surface area contributed by atoms with Crippen LogP contribution in [0.15, 0.2) is 11.4 Å². The molecule has 0 aliphatic carbocycles. The van der Waals surface area contributed by atoms with Crippen molar-refractivity contribution in [3.8, 4) is 11.5 Å². The van der Waals surface area contributed by atoms with Crippen LogP contribution in [0.5, 0.6) is 0 Å². The van der Waals surface area contributed by atoms with Gasteiger partial charge in [0.25, 0.3) is 0 Å². The van der Waals surface area contributed by atoms with E-state index in [-0.39, 0.29) is 0 Å². The number of thiazole rings is 1. The fourth-order valence-corrected chi connectivity index (χ4v) is 1.76. The van der Waals surface area contributed by atoms with Crippen LogP contribution >= 0.6 is 11.3 Å². The molecular weight excluding hydrogens is 196 g/mol. The first kappa shape index (κ1) is 9.08. The maximum absolute atomic E-state index is 5.63. The second-order valence-electron chi connectivity index (χ2n) is 3.01. The maximum Gasteiger partial charge on any atom is 0.181 e. The van der Waals surface area contributed by atoms with Gasteiger partial charge in [0.2, 0.25) is 0 Å². The lowest BCUT2D eigenvalue weighted by molar-refractivity contribution is 1.10. The van der Waals surface area contributed by atoms with Crippen molar-refractivity contribution in [2.24, 2.45) is 0 Å². The molecule has 0 atom stereocenters. The molecule has 0 aromatic carbocycles. The van der Waals surface area contributed by atoms with Crippen molar-refractivity contribution >= 4 is 17.2 Å². The van der Waals surface area contributed by atoms with E-state index in [2.05, 4.69) is 15.0 Å². The van der Waals surface area contributed by atoms with E-state index >= 15 is 0 Å². The number of nitrogens with two attached hydrogens (primary N) is 1. The zero-order valence-electron chi connectivity index (χ0n) is 7.98. The van der Waals surface area contributed by atoms with Crippen molar-refractivity contribution < 1.29 is 0 Å². The Hall–Kier alpha value is -1.49. The summed E-state index contributed by atoms with van der Waals surface area (Å²) in [6.45, 7) is 3.84. The quantitative estimate of drug-likeness (QED) is 0.772. The Labute approximate surface area is 85.9 Å². The number of nitrogen functional groups attached to an aromatic ring is 1. The average molecular weight is 206 g/mol. The van der Waals surface area contributed by atoms with Crippen molar-refractivity contribution in [2.45, 2.75) is 13.8 Å². The van der Waals surface area contributed by atoms with Crippen LogP contribution < -0.4 is 5.73 Å². The molecule has 2 aromatic heterocycles. The van der Waals surface area contributed by atoms with Crippen molar-refractivity contribution in [3.63, 3.8) is 0 Å². The van der Waals surface area contributed by atoms with Crippen LogP contribution in [0.3, 0.4) is 0 Å². The Bertz CT molecular complexity index is 443. The van der Waals surface area contributed by atoms with Crippen LogP contribution in [-0.4, -0.2) is 15.0 Å². The minimum Gasteiger partial charge on any atom is -0.384 e. The number of aryl methyl sites for hydroxylation is 2. The summed E-state index contributed by atoms with van der Waals surface area (Å²) < 4.78 is 0. The maximum atomic E-state index is 5.63. The highest BCUT2D eigenvalue weighted by Gasteiger charge is 2.06. The van der Waals surface area contributed by atoms with Gasteiger partial charge in [-0.2, -0.15) is 0 Å². The number of anilines is 1. The Morgan fingerprint density at radius 2 is 2.00 bits per heavy atom. The van der Waals surface area contributed by atoms with Crippen LogP contribution in [-0.2, 0) is 0 Å². The molecule has 0 bridgehead atoms. The SMILES string of the molecule is Cc1cc(N)nc(-c2csc(C)n2)n1. The zero-order valence-corrected chi connectivity index (χ0v) is 8.80. The van der Waals surface area contributed by atoms with Crippen molar-refractivity contribution in [1.29, 1.82) is 0 Å². The molecule has 2 heterocycles. The van der Waals surface area contributed by atoms with Gasteiger partial charge in [-0.25, -0.2) is 15.0 Å². The topological polar surface area (TPSA) is 64.7 Å². The average Bonchev–Trinajstić information content (AvgIpc) is 2.50. The van der Waals surface area contributed by atoms with Crippen LogP contribution in [0, 0.1) is 13.8 Å². The lowest BCUT2D eigenvalue weighted by atomic mass is 10.4. The van der Waals surface area contributed by atoms with E-state index in [0.717, 1.165) is 16.4 Å². The standard InChI is InChI=1S/C9H10N4S/c1-5-3-8(10)13-9(11-5)7-4-14-6(2)12-7/h3-4H,1-2H3,(H2,10,11,13). The summed E-state index contributed by atoms with van der Waals surface area (Å²) in [6, 6.07) is 1.74. The molecule has 2 rings (SSSR count). The van der Waals surface area contributed by atoms with Crippen LogP contribution in [0.4, 0.5) is 5.82 Å². The second kappa shape index (κ2) is 3.34. The van der Waals surface area contributed by atoms with Crippen LogP contribution in [0.1, 0.15) is 10.7 Å². The van der Waals surface area contributed by atoms with Gasteiger partial charge in [0, 0.05) is 17.1 Å². The summed E-state index contributed by atoms with van der Waals surface area (Å²) in [4.78, 5) is 12.7. The predicted molar refractivity (Wildman–Crippen MR) is 57.0 cm³/mol. The summed E-state index contributed by atoms with van der Waals surface area (Å²) in [5, 5.41) is 2.94. The van der Waals surface area contributed by atoms with Gasteiger partial charge >= 0.3 is 0 Å². The van der Waals surface area contributed by atoms with Gasteiger partial charge < -0.3 is 5.73 Å². The first-order valence-corrected chi connectivity index (χ1v) is 5.07. The Balaban J connectivity index is 2.51. The third-order valence-corrected chi connectivity index (χ3v) is 2.50. The Kier molecular flexibility index (Phi) is 2.17. The molecule has 0 saturated carbocycles. The minimum atomic E-state index is 0.484. The molecule has 2 aromatic rings. The fourth-order valence-electron chi connectivity index (χ4n) is 1.17. The number of nitrogens with zero attached hydrogens (tertiary/aromatic N) is 3. The van der Waals surface area contributed by atoms with E-state index < -0.39 is 0 Å². The van der Waals surface area contributed by atoms with Gasteiger partial charge in [-0.05, 0) is 13.8 Å². The van der Waals surface area contributed by atoms with E-state index in [4.69, 9.17) is 5.73 Å². The molecule has 5 heteroatoms. The second-order valence-corrected chi connectivity index (χ2v) is 4.07. The summed E-state index contributed by atoms with van der Waals surface area (Å²) in [7, 11) is 0. The highest BCUT2D eigenvalue weighted by molar-refractivity contribution is 7.09. The Morgan fingerprint density at radius 1 is 1.21 bits per heavy atom. The number of hydrogen-bond donors (Lipinski definition) is 1. The van der Waals surface area contributed by atoms with Gasteiger partial charge in [-0.15, -0.1) is 11.3 Å². The summed E-state index contributed by atoms with van der Waals surface area (Å²) in [5.41, 5.74) is 7.28. The number of rotatable bonds is 1. The summed E-state index contributed by atoms with van der Waals surface area (Å²) in [5.74, 6) is 1.09. The van der Waals surface area contributed by atoms with E-state index in [1.807, 2.05) is 19.2 Å². The monoisotopic (exact) mass is 206 g/mol. The zero-order chi connectivity index (χ0) is 10.1. The highest BCUT2D eigenvalue weighted by Crippen LogP contribution is 2.18. The molecule has 0 amide bonds. The highest BCUT2D eigenvalue weighted by atomic mass is 32.1. The molecule has 0 saturated heterocycles. The molecule has 4 nitrogen and oxygen atoms in total. The number of hydrogen-bond acceptors (Lipinski definition) is 5. The minimum absolute atomic E-state index is 0.484. The fraction of sp³-hybridized carbons (Fsp3) is 0.222. The van der Waals surface area contributed by atoms with E-state index in [0.29, 0.717) is 11.6 Å². The molecule has 0 unspecified atom stereocenters. The van der Waals surface area contributed by atoms with Crippen molar-refractivity contribution in [2.75, 3.05) is 5.73 Å².